The van der Waals surface area contributed by atoms with Crippen molar-refractivity contribution in [3.8, 4) is 0 Å². The van der Waals surface area contributed by atoms with Crippen molar-refractivity contribution in [2.45, 2.75) is 12.5 Å². The second-order valence-corrected chi connectivity index (χ2v) is 8.75. The van der Waals surface area contributed by atoms with Crippen LogP contribution < -0.4 is 12.4 Å². The lowest BCUT2D eigenvalue weighted by Crippen LogP contribution is -3.00. The molecule has 0 radical (unpaired) electrons. The van der Waals surface area contributed by atoms with Crippen molar-refractivity contribution < 1.29 is 30.2 Å². The Labute approximate surface area is 136 Å². The number of quaternary nitrogens is 1. The van der Waals surface area contributed by atoms with Crippen LogP contribution in [0.25, 0.3) is 0 Å². The summed E-state index contributed by atoms with van der Waals surface area (Å²) in [6, 6.07) is 11.4. The van der Waals surface area contributed by atoms with E-state index in [4.69, 9.17) is 13.3 Å². The number of nitrogens with zero attached hydrogens (tertiary/aromatic N) is 1. The molecular weight excluding hydrogens is 306 g/mol. The first kappa shape index (κ1) is 20.6. The molecule has 0 aromatic heterocycles. The molecule has 1 aromatic rings. The average Bonchev–Trinajstić information content (AvgIpc) is 2.48. The van der Waals surface area contributed by atoms with Gasteiger partial charge in [-0.25, -0.2) is 0 Å². The van der Waals surface area contributed by atoms with Crippen LogP contribution in [0.5, 0.6) is 0 Å². The fourth-order valence-corrected chi connectivity index (χ4v) is 4.18. The summed E-state index contributed by atoms with van der Waals surface area (Å²) in [5, 5.41) is 0. The lowest BCUT2D eigenvalue weighted by atomic mass is 10.1. The van der Waals surface area contributed by atoms with Crippen molar-refractivity contribution in [2.24, 2.45) is 0 Å². The number of halogens is 1. The average molecular weight is 334 g/mol. The van der Waals surface area contributed by atoms with Crippen LogP contribution >= 0.6 is 0 Å². The highest BCUT2D eigenvalue weighted by atomic mass is 35.5. The van der Waals surface area contributed by atoms with Crippen LogP contribution in [0, 0.1) is 0 Å². The molecule has 0 unspecified atom stereocenters. The zero-order valence-corrected chi connectivity index (χ0v) is 15.5. The number of hydrogen-bond acceptors (Lipinski definition) is 3. The number of rotatable bonds is 9. The summed E-state index contributed by atoms with van der Waals surface area (Å²) in [5.41, 5.74) is 1.38. The maximum Gasteiger partial charge on any atom is 0.505 e. The Morgan fingerprint density at radius 3 is 1.90 bits per heavy atom. The van der Waals surface area contributed by atoms with Crippen LogP contribution in [0.2, 0.25) is 6.04 Å². The molecule has 122 valence electrons. The van der Waals surface area contributed by atoms with E-state index in [2.05, 4.69) is 44.4 Å². The van der Waals surface area contributed by atoms with Gasteiger partial charge in [0.15, 0.2) is 0 Å². The van der Waals surface area contributed by atoms with Gasteiger partial charge >= 0.3 is 8.80 Å². The molecule has 0 atom stereocenters. The lowest BCUT2D eigenvalue weighted by molar-refractivity contribution is -0.888. The van der Waals surface area contributed by atoms with Gasteiger partial charge in [-0.2, -0.15) is 0 Å². The van der Waals surface area contributed by atoms with Crippen molar-refractivity contribution in [3.63, 3.8) is 0 Å². The van der Waals surface area contributed by atoms with E-state index < -0.39 is 8.80 Å². The van der Waals surface area contributed by atoms with E-state index >= 15 is 0 Å². The maximum atomic E-state index is 5.48. The van der Waals surface area contributed by atoms with Crippen molar-refractivity contribution >= 4 is 8.80 Å². The van der Waals surface area contributed by atoms with Crippen LogP contribution in [-0.2, 0) is 19.7 Å². The minimum Gasteiger partial charge on any atom is -1.00 e. The molecule has 1 rings (SSSR count). The third-order valence-corrected chi connectivity index (χ3v) is 6.51. The summed E-state index contributed by atoms with van der Waals surface area (Å²) >= 11 is 0. The maximum absolute atomic E-state index is 5.48. The summed E-state index contributed by atoms with van der Waals surface area (Å²) in [6.07, 6.45) is 1.08. The second-order valence-electron chi connectivity index (χ2n) is 5.66. The topological polar surface area (TPSA) is 27.7 Å². The Morgan fingerprint density at radius 2 is 1.43 bits per heavy atom. The first-order chi connectivity index (χ1) is 9.47. The smallest absolute Gasteiger partial charge is 0.505 e. The molecule has 6 heteroatoms. The van der Waals surface area contributed by atoms with Gasteiger partial charge in [0.2, 0.25) is 0 Å². The van der Waals surface area contributed by atoms with Crippen LogP contribution in [0.15, 0.2) is 30.3 Å². The molecule has 4 nitrogen and oxygen atoms in total. The van der Waals surface area contributed by atoms with Crippen molar-refractivity contribution in [2.75, 3.05) is 48.5 Å². The minimum atomic E-state index is -2.45. The molecule has 0 heterocycles. The van der Waals surface area contributed by atoms with Gasteiger partial charge in [-0.05, 0) is 5.56 Å². The molecule has 0 N–H and O–H groups in total. The molecule has 0 amide bonds. The van der Waals surface area contributed by atoms with Crippen molar-refractivity contribution in [1.29, 1.82) is 0 Å². The van der Waals surface area contributed by atoms with E-state index in [1.54, 1.807) is 21.3 Å². The monoisotopic (exact) mass is 333 g/mol. The quantitative estimate of drug-likeness (QED) is 0.437. The summed E-state index contributed by atoms with van der Waals surface area (Å²) < 4.78 is 17.4. The second kappa shape index (κ2) is 9.56. The standard InChI is InChI=1S/C15H28NO3Si.ClH/c1-16(2,12-11-15-9-7-6-8-10-15)13-14-20(17-3,18-4)19-5;/h6-10H,11-14H2,1-5H3;1H/q+1;/p-1. The number of hydrogen-bond donors (Lipinski definition) is 0. The lowest BCUT2D eigenvalue weighted by Gasteiger charge is -2.33. The van der Waals surface area contributed by atoms with Crippen LogP contribution in [0.1, 0.15) is 5.56 Å². The molecule has 0 saturated heterocycles. The zero-order chi connectivity index (χ0) is 15.1. The summed E-state index contributed by atoms with van der Waals surface area (Å²) in [7, 11) is 7.04. The summed E-state index contributed by atoms with van der Waals surface area (Å²) in [4.78, 5) is 0. The summed E-state index contributed by atoms with van der Waals surface area (Å²) in [5.74, 6) is 0. The Morgan fingerprint density at radius 1 is 0.905 bits per heavy atom. The zero-order valence-electron chi connectivity index (χ0n) is 13.8. The van der Waals surface area contributed by atoms with E-state index in [-0.39, 0.29) is 12.4 Å². The largest absolute Gasteiger partial charge is 1.00 e. The Hall–Kier alpha value is -0.433. The van der Waals surface area contributed by atoms with Gasteiger partial charge in [-0.1, -0.05) is 30.3 Å². The minimum absolute atomic E-state index is 0. The SMILES string of the molecule is CO[Si](CC[N+](C)(C)CCc1ccccc1)(OC)OC.[Cl-]. The Balaban J connectivity index is 0.00000400. The van der Waals surface area contributed by atoms with Gasteiger partial charge in [-0.3, -0.25) is 0 Å². The third-order valence-electron chi connectivity index (χ3n) is 3.80. The predicted molar refractivity (Wildman–Crippen MR) is 83.6 cm³/mol. The van der Waals surface area contributed by atoms with E-state index in [0.717, 1.165) is 30.0 Å². The molecule has 21 heavy (non-hydrogen) atoms. The van der Waals surface area contributed by atoms with Gasteiger partial charge in [-0.15, -0.1) is 0 Å². The summed E-state index contributed by atoms with van der Waals surface area (Å²) in [6.45, 7) is 2.07. The Bertz CT molecular complexity index is 378. The predicted octanol–water partition coefficient (Wildman–Crippen LogP) is -0.812. The third kappa shape index (κ3) is 6.91. The molecule has 0 aliphatic carbocycles. The molecule has 0 aliphatic heterocycles. The first-order valence-corrected chi connectivity index (χ1v) is 8.91. The van der Waals surface area contributed by atoms with E-state index in [0.29, 0.717) is 0 Å². The molecular formula is C15H28ClNO3Si. The van der Waals surface area contributed by atoms with Gasteiger partial charge in [0.1, 0.15) is 0 Å². The highest BCUT2D eigenvalue weighted by molar-refractivity contribution is 6.60. The van der Waals surface area contributed by atoms with Gasteiger partial charge in [0.05, 0.1) is 33.2 Å². The van der Waals surface area contributed by atoms with E-state index in [9.17, 15) is 0 Å². The molecule has 0 spiro atoms. The van der Waals surface area contributed by atoms with Crippen LogP contribution in [0.4, 0.5) is 0 Å². The van der Waals surface area contributed by atoms with Gasteiger partial charge in [0.25, 0.3) is 0 Å². The molecule has 0 saturated carbocycles. The van der Waals surface area contributed by atoms with E-state index in [1.165, 1.54) is 5.56 Å². The number of likely N-dealkylation sites (N-methyl/N-ethyl adjacent to an activating group) is 1. The van der Waals surface area contributed by atoms with Crippen LogP contribution in [0.3, 0.4) is 0 Å². The van der Waals surface area contributed by atoms with Gasteiger partial charge in [0, 0.05) is 27.8 Å². The van der Waals surface area contributed by atoms with Crippen molar-refractivity contribution in [1.82, 2.24) is 0 Å². The normalized spacial score (nSPS) is 12.0. The highest BCUT2D eigenvalue weighted by Crippen LogP contribution is 2.15. The first-order valence-electron chi connectivity index (χ1n) is 6.98. The van der Waals surface area contributed by atoms with E-state index in [1.807, 2.05) is 0 Å². The molecule has 0 fully saturated rings. The van der Waals surface area contributed by atoms with Crippen molar-refractivity contribution in [3.05, 3.63) is 35.9 Å². The fraction of sp³-hybridized carbons (Fsp3) is 0.600. The fourth-order valence-electron chi connectivity index (χ4n) is 2.18. The number of benzene rings is 1. The highest BCUT2D eigenvalue weighted by Gasteiger charge is 2.39. The molecule has 0 aliphatic rings. The molecule has 1 aromatic carbocycles. The van der Waals surface area contributed by atoms with Crippen LogP contribution in [-0.4, -0.2) is 61.8 Å². The van der Waals surface area contributed by atoms with Gasteiger partial charge < -0.3 is 30.2 Å². The molecule has 0 bridgehead atoms. The Kier molecular flexibility index (Phi) is 9.36.